The third-order valence-corrected chi connectivity index (χ3v) is 7.72. The molecule has 1 saturated carbocycles. The summed E-state index contributed by atoms with van der Waals surface area (Å²) >= 11 is 0. The molecule has 2 aliphatic heterocycles. The molecule has 2 aromatic rings. The summed E-state index contributed by atoms with van der Waals surface area (Å²) in [5.41, 5.74) is 1.47. The van der Waals surface area contributed by atoms with Gasteiger partial charge in [0.2, 0.25) is 30.4 Å². The minimum absolute atomic E-state index is 0.0958. The second-order valence-corrected chi connectivity index (χ2v) is 10.4. The summed E-state index contributed by atoms with van der Waals surface area (Å²) in [7, 11) is 0. The van der Waals surface area contributed by atoms with Crippen LogP contribution in [0.4, 0.5) is 0 Å². The van der Waals surface area contributed by atoms with E-state index in [4.69, 9.17) is 9.47 Å². The van der Waals surface area contributed by atoms with E-state index in [1.54, 1.807) is 31.2 Å². The van der Waals surface area contributed by atoms with Crippen LogP contribution in [0.25, 0.3) is 6.08 Å². The Morgan fingerprint density at radius 2 is 1.75 bits per heavy atom. The normalized spacial score (nSPS) is 21.4. The second-order valence-electron chi connectivity index (χ2n) is 10.4. The lowest BCUT2D eigenvalue weighted by molar-refractivity contribution is -0.138. The smallest absolute Gasteiger partial charge is 0.244 e. The monoisotopic (exact) mass is 545 g/mol. The van der Waals surface area contributed by atoms with E-state index in [2.05, 4.69) is 16.0 Å². The van der Waals surface area contributed by atoms with Gasteiger partial charge in [0.15, 0.2) is 17.3 Å². The van der Waals surface area contributed by atoms with Gasteiger partial charge in [0.25, 0.3) is 0 Å². The average molecular weight is 546 g/mol. The fraction of sp³-hybridized carbons (Fsp3) is 0.367. The molecule has 0 bridgehead atoms. The first-order valence-corrected chi connectivity index (χ1v) is 13.4. The van der Waals surface area contributed by atoms with E-state index < -0.39 is 53.3 Å². The number of hydrogen-bond donors (Lipinski definition) is 3. The molecule has 0 radical (unpaired) electrons. The van der Waals surface area contributed by atoms with Crippen LogP contribution in [0.1, 0.15) is 49.8 Å². The highest BCUT2D eigenvalue weighted by atomic mass is 16.7. The number of imide groups is 1. The van der Waals surface area contributed by atoms with Crippen LogP contribution in [0.5, 0.6) is 11.5 Å². The first-order valence-electron chi connectivity index (χ1n) is 13.4. The molecule has 4 amide bonds. The maximum atomic E-state index is 13.4. The molecule has 0 spiro atoms. The first-order chi connectivity index (χ1) is 19.3. The van der Waals surface area contributed by atoms with Gasteiger partial charge < -0.3 is 20.1 Å². The summed E-state index contributed by atoms with van der Waals surface area (Å²) in [6.07, 6.45) is 5.32. The summed E-state index contributed by atoms with van der Waals surface area (Å²) in [5, 5.41) is 7.93. The Morgan fingerprint density at radius 1 is 1.00 bits per heavy atom. The predicted molar refractivity (Wildman–Crippen MR) is 144 cm³/mol. The largest absolute Gasteiger partial charge is 0.454 e. The van der Waals surface area contributed by atoms with E-state index >= 15 is 0 Å². The lowest BCUT2D eigenvalue weighted by Crippen LogP contribution is -2.52. The summed E-state index contributed by atoms with van der Waals surface area (Å²) in [6, 6.07) is 12.9. The van der Waals surface area contributed by atoms with Gasteiger partial charge in [-0.25, -0.2) is 0 Å². The van der Waals surface area contributed by atoms with Crippen LogP contribution in [-0.2, 0) is 24.0 Å². The zero-order chi connectivity index (χ0) is 28.2. The van der Waals surface area contributed by atoms with Crippen molar-refractivity contribution in [2.24, 2.45) is 17.8 Å². The van der Waals surface area contributed by atoms with Crippen LogP contribution in [0.2, 0.25) is 0 Å². The third kappa shape index (κ3) is 5.90. The molecule has 10 heteroatoms. The van der Waals surface area contributed by atoms with Gasteiger partial charge in [-0.3, -0.25) is 29.3 Å². The Morgan fingerprint density at radius 3 is 2.42 bits per heavy atom. The summed E-state index contributed by atoms with van der Waals surface area (Å²) in [5.74, 6) is -3.14. The van der Waals surface area contributed by atoms with Crippen LogP contribution in [0.15, 0.2) is 54.6 Å². The van der Waals surface area contributed by atoms with Crippen molar-refractivity contribution in [2.75, 3.05) is 6.79 Å². The molecule has 10 nitrogen and oxygen atoms in total. The fourth-order valence-corrected chi connectivity index (χ4v) is 5.22. The number of amides is 4. The minimum Gasteiger partial charge on any atom is -0.454 e. The number of benzene rings is 2. The van der Waals surface area contributed by atoms with E-state index in [9.17, 15) is 24.0 Å². The van der Waals surface area contributed by atoms with Crippen molar-refractivity contribution in [1.29, 1.82) is 0 Å². The molecule has 1 saturated heterocycles. The van der Waals surface area contributed by atoms with E-state index in [0.717, 1.165) is 30.4 Å². The Balaban J connectivity index is 1.27. The topological polar surface area (TPSA) is 140 Å². The molecule has 1 aliphatic carbocycles. The molecular formula is C30H31N3O7. The number of hydrogen-bond acceptors (Lipinski definition) is 7. The van der Waals surface area contributed by atoms with Crippen molar-refractivity contribution in [3.63, 3.8) is 0 Å². The number of Topliss-reactive ketones (excluding diaryl/α,β-unsaturated/α-hetero) is 1. The first kappa shape index (κ1) is 27.1. The van der Waals surface area contributed by atoms with E-state index in [1.807, 2.05) is 30.3 Å². The Kier molecular flexibility index (Phi) is 7.95. The van der Waals surface area contributed by atoms with Gasteiger partial charge in [0.05, 0.1) is 24.4 Å². The standard InChI is InChI=1S/C30H31N3O7/c1-17-26(30(38)33-29(17)37)28(36)27(20-8-5-9-20)32-25(35)15-21(19-6-3-2-4-7-19)31-24(34)13-11-18-10-12-22-23(14-18)40-16-39-22/h2-4,6-7,10-14,17,20-21,26-27H,5,8-9,15-16H2,1H3,(H,31,34)(H,32,35)(H,33,37,38)/b13-11+/t17-,21-,26+,27?/m0/s1. The van der Waals surface area contributed by atoms with Crippen molar-refractivity contribution in [2.45, 2.75) is 44.7 Å². The molecule has 4 atom stereocenters. The van der Waals surface area contributed by atoms with Gasteiger partial charge in [-0.05, 0) is 48.1 Å². The number of fused-ring (bicyclic) bond motifs is 1. The SMILES string of the molecule is C[C@@H]1C(=O)NC(=O)[C@H]1C(=O)C(NC(=O)C[C@H](NC(=O)/C=C/c1ccc2c(c1)OCO2)c1ccccc1)C1CCC1. The van der Waals surface area contributed by atoms with Gasteiger partial charge in [-0.2, -0.15) is 0 Å². The minimum atomic E-state index is -1.12. The quantitative estimate of drug-likeness (QED) is 0.237. The predicted octanol–water partition coefficient (Wildman–Crippen LogP) is 2.44. The van der Waals surface area contributed by atoms with Gasteiger partial charge in [0, 0.05) is 6.08 Å². The number of carbonyl (C=O) groups is 5. The molecule has 2 heterocycles. The molecule has 5 rings (SSSR count). The lowest BCUT2D eigenvalue weighted by atomic mass is 9.74. The van der Waals surface area contributed by atoms with E-state index in [0.29, 0.717) is 11.5 Å². The van der Waals surface area contributed by atoms with E-state index in [-0.39, 0.29) is 19.1 Å². The molecule has 208 valence electrons. The lowest BCUT2D eigenvalue weighted by Gasteiger charge is -2.35. The Hall–Kier alpha value is -4.47. The van der Waals surface area contributed by atoms with Gasteiger partial charge in [-0.15, -0.1) is 0 Å². The second kappa shape index (κ2) is 11.7. The molecule has 1 unspecified atom stereocenters. The highest BCUT2D eigenvalue weighted by Crippen LogP contribution is 2.34. The van der Waals surface area contributed by atoms with Crippen LogP contribution in [-0.4, -0.2) is 42.2 Å². The molecular weight excluding hydrogens is 514 g/mol. The Labute approximate surface area is 231 Å². The van der Waals surface area contributed by atoms with Gasteiger partial charge in [0.1, 0.15) is 5.92 Å². The number of rotatable bonds is 10. The number of nitrogens with one attached hydrogen (secondary N) is 3. The molecule has 0 aromatic heterocycles. The van der Waals surface area contributed by atoms with Crippen LogP contribution in [0, 0.1) is 17.8 Å². The number of ketones is 1. The van der Waals surface area contributed by atoms with Gasteiger partial charge in [-0.1, -0.05) is 49.7 Å². The zero-order valence-corrected chi connectivity index (χ0v) is 22.1. The van der Waals surface area contributed by atoms with E-state index in [1.165, 1.54) is 6.08 Å². The van der Waals surface area contributed by atoms with Crippen molar-refractivity contribution in [3.05, 3.63) is 65.7 Å². The zero-order valence-electron chi connectivity index (χ0n) is 22.1. The van der Waals surface area contributed by atoms with Crippen molar-refractivity contribution in [1.82, 2.24) is 16.0 Å². The molecule has 2 aromatic carbocycles. The fourth-order valence-electron chi connectivity index (χ4n) is 5.22. The molecule has 3 aliphatic rings. The Bertz CT molecular complexity index is 1350. The third-order valence-electron chi connectivity index (χ3n) is 7.72. The van der Waals surface area contributed by atoms with Crippen molar-refractivity contribution < 1.29 is 33.4 Å². The molecule has 2 fully saturated rings. The van der Waals surface area contributed by atoms with Crippen LogP contribution < -0.4 is 25.4 Å². The molecule has 3 N–H and O–H groups in total. The van der Waals surface area contributed by atoms with Crippen LogP contribution >= 0.6 is 0 Å². The highest BCUT2D eigenvalue weighted by Gasteiger charge is 2.48. The molecule has 40 heavy (non-hydrogen) atoms. The highest BCUT2D eigenvalue weighted by molar-refractivity contribution is 6.16. The van der Waals surface area contributed by atoms with Crippen molar-refractivity contribution in [3.8, 4) is 11.5 Å². The average Bonchev–Trinajstić information content (AvgIpc) is 3.48. The maximum absolute atomic E-state index is 13.4. The van der Waals surface area contributed by atoms with Gasteiger partial charge >= 0.3 is 0 Å². The summed E-state index contributed by atoms with van der Waals surface area (Å²) in [6.45, 7) is 1.70. The maximum Gasteiger partial charge on any atom is 0.244 e. The van der Waals surface area contributed by atoms with Crippen LogP contribution in [0.3, 0.4) is 0 Å². The number of ether oxygens (including phenoxy) is 2. The van der Waals surface area contributed by atoms with Crippen molar-refractivity contribution >= 4 is 35.5 Å². The summed E-state index contributed by atoms with van der Waals surface area (Å²) in [4.78, 5) is 63.8. The number of carbonyl (C=O) groups excluding carboxylic acids is 5. The summed E-state index contributed by atoms with van der Waals surface area (Å²) < 4.78 is 10.7.